The molecule has 2 atom stereocenters. The highest BCUT2D eigenvalue weighted by Gasteiger charge is 2.33. The summed E-state index contributed by atoms with van der Waals surface area (Å²) in [5.74, 6) is -2.23. The van der Waals surface area contributed by atoms with Crippen LogP contribution in [0.2, 0.25) is 0 Å². The SMILES string of the molecule is COC(=O)c1cc(C)c(-c2nc3cc(C(F)F)ccn3c2C[C@H]2CC(C(=O)OC(C)(C)C)CCO2)cc1F. The van der Waals surface area contributed by atoms with Crippen molar-refractivity contribution in [1.29, 1.82) is 0 Å². The van der Waals surface area contributed by atoms with Crippen molar-refractivity contribution < 1.29 is 37.0 Å². The molecule has 0 saturated carbocycles. The fourth-order valence-corrected chi connectivity index (χ4v) is 4.70. The number of rotatable bonds is 6. The number of fused-ring (bicyclic) bond motifs is 1. The zero-order chi connectivity index (χ0) is 27.8. The summed E-state index contributed by atoms with van der Waals surface area (Å²) < 4.78 is 59.6. The Morgan fingerprint density at radius 2 is 1.97 bits per heavy atom. The third-order valence-electron chi connectivity index (χ3n) is 6.50. The first-order valence-electron chi connectivity index (χ1n) is 12.4. The molecule has 2 aromatic heterocycles. The van der Waals surface area contributed by atoms with Crippen LogP contribution >= 0.6 is 0 Å². The molecule has 1 aliphatic heterocycles. The van der Waals surface area contributed by atoms with Crippen molar-refractivity contribution in [2.24, 2.45) is 5.92 Å². The Balaban J connectivity index is 1.75. The van der Waals surface area contributed by atoms with Gasteiger partial charge in [0.25, 0.3) is 6.43 Å². The zero-order valence-corrected chi connectivity index (χ0v) is 22.0. The Kier molecular flexibility index (Phi) is 7.83. The molecule has 0 amide bonds. The lowest BCUT2D eigenvalue weighted by atomic mass is 9.92. The Morgan fingerprint density at radius 1 is 1.24 bits per heavy atom. The zero-order valence-electron chi connectivity index (χ0n) is 22.0. The summed E-state index contributed by atoms with van der Waals surface area (Å²) in [6.45, 7) is 7.50. The van der Waals surface area contributed by atoms with E-state index in [1.165, 1.54) is 37.6 Å². The van der Waals surface area contributed by atoms with Crippen LogP contribution in [0.25, 0.3) is 16.9 Å². The van der Waals surface area contributed by atoms with E-state index in [9.17, 15) is 22.8 Å². The molecular weight excluding hydrogens is 501 g/mol. The van der Waals surface area contributed by atoms with Gasteiger partial charge in [-0.1, -0.05) is 0 Å². The molecule has 1 unspecified atom stereocenters. The van der Waals surface area contributed by atoms with Crippen LogP contribution in [-0.4, -0.2) is 46.7 Å². The molecule has 3 aromatic rings. The summed E-state index contributed by atoms with van der Waals surface area (Å²) in [6.07, 6.45) is -0.324. The van der Waals surface area contributed by atoms with Crippen molar-refractivity contribution in [3.63, 3.8) is 0 Å². The second-order valence-electron chi connectivity index (χ2n) is 10.5. The lowest BCUT2D eigenvalue weighted by Crippen LogP contribution is -2.36. The van der Waals surface area contributed by atoms with Gasteiger partial charge in [-0.3, -0.25) is 4.79 Å². The predicted octanol–water partition coefficient (Wildman–Crippen LogP) is 5.85. The molecule has 0 aliphatic carbocycles. The minimum Gasteiger partial charge on any atom is -0.465 e. The number of nitrogens with zero attached hydrogens (tertiary/aromatic N) is 2. The quantitative estimate of drug-likeness (QED) is 0.371. The minimum absolute atomic E-state index is 0.191. The van der Waals surface area contributed by atoms with E-state index in [1.54, 1.807) is 11.3 Å². The van der Waals surface area contributed by atoms with Crippen LogP contribution in [0.5, 0.6) is 0 Å². The molecule has 1 fully saturated rings. The van der Waals surface area contributed by atoms with Gasteiger partial charge in [-0.25, -0.2) is 22.9 Å². The topological polar surface area (TPSA) is 79.1 Å². The molecular formula is C28H31F3N2O5. The molecule has 10 heteroatoms. The summed E-state index contributed by atoms with van der Waals surface area (Å²) in [5.41, 5.74) is 1.22. The van der Waals surface area contributed by atoms with E-state index in [2.05, 4.69) is 9.72 Å². The summed E-state index contributed by atoms with van der Waals surface area (Å²) in [5, 5.41) is 0. The van der Waals surface area contributed by atoms with E-state index in [-0.39, 0.29) is 34.8 Å². The van der Waals surface area contributed by atoms with Gasteiger partial charge in [0.15, 0.2) is 0 Å². The van der Waals surface area contributed by atoms with Crippen molar-refractivity contribution in [2.75, 3.05) is 13.7 Å². The lowest BCUT2D eigenvalue weighted by Gasteiger charge is -2.30. The number of carbonyl (C=O) groups excluding carboxylic acids is 2. The lowest BCUT2D eigenvalue weighted by molar-refractivity contribution is -0.165. The fraction of sp³-hybridized carbons (Fsp3) is 0.464. The number of halogens is 3. The van der Waals surface area contributed by atoms with Crippen molar-refractivity contribution in [1.82, 2.24) is 9.38 Å². The van der Waals surface area contributed by atoms with Gasteiger partial charge in [0.1, 0.15) is 17.1 Å². The van der Waals surface area contributed by atoms with Crippen LogP contribution in [0.15, 0.2) is 30.5 Å². The molecule has 3 heterocycles. The number of imidazole rings is 1. The van der Waals surface area contributed by atoms with Gasteiger partial charge in [-0.05, 0) is 70.4 Å². The predicted molar refractivity (Wildman–Crippen MR) is 134 cm³/mol. The largest absolute Gasteiger partial charge is 0.465 e. The molecule has 4 rings (SSSR count). The third-order valence-corrected chi connectivity index (χ3v) is 6.50. The van der Waals surface area contributed by atoms with Gasteiger partial charge in [0, 0.05) is 30.4 Å². The van der Waals surface area contributed by atoms with Crippen LogP contribution in [0.3, 0.4) is 0 Å². The number of hydrogen-bond donors (Lipinski definition) is 0. The van der Waals surface area contributed by atoms with Gasteiger partial charge >= 0.3 is 11.9 Å². The van der Waals surface area contributed by atoms with E-state index >= 15 is 0 Å². The van der Waals surface area contributed by atoms with E-state index < -0.39 is 23.8 Å². The van der Waals surface area contributed by atoms with Gasteiger partial charge in [0.05, 0.1) is 36.1 Å². The molecule has 38 heavy (non-hydrogen) atoms. The summed E-state index contributed by atoms with van der Waals surface area (Å²) >= 11 is 0. The molecule has 0 radical (unpaired) electrons. The standard InChI is InChI=1S/C28H31F3N2O5/c1-15-10-20(27(35)36-5)21(29)14-19(15)24-22(33-8-6-16(25(30)31)12-23(33)32-24)13-18-11-17(7-9-37-18)26(34)38-28(2,3)4/h6,8,10,12,14,17-18,25H,7,9,11,13H2,1-5H3/t17?,18-/m1/s1. The molecule has 0 bridgehead atoms. The van der Waals surface area contributed by atoms with Gasteiger partial charge < -0.3 is 18.6 Å². The average molecular weight is 533 g/mol. The normalized spacial score (nSPS) is 18.1. The number of aryl methyl sites for hydroxylation is 1. The van der Waals surface area contributed by atoms with Gasteiger partial charge in [0.2, 0.25) is 0 Å². The third kappa shape index (κ3) is 5.85. The Hall–Kier alpha value is -3.40. The minimum atomic E-state index is -2.68. The molecule has 1 aromatic carbocycles. The van der Waals surface area contributed by atoms with Crippen LogP contribution < -0.4 is 0 Å². The van der Waals surface area contributed by atoms with Crippen molar-refractivity contribution >= 4 is 17.6 Å². The number of ether oxygens (including phenoxy) is 3. The highest BCUT2D eigenvalue weighted by Crippen LogP contribution is 2.34. The van der Waals surface area contributed by atoms with Crippen LogP contribution in [0.4, 0.5) is 13.2 Å². The summed E-state index contributed by atoms with van der Waals surface area (Å²) in [7, 11) is 1.17. The van der Waals surface area contributed by atoms with E-state index in [4.69, 9.17) is 9.47 Å². The second kappa shape index (κ2) is 10.8. The molecule has 0 N–H and O–H groups in total. The monoisotopic (exact) mass is 532 g/mol. The Morgan fingerprint density at radius 3 is 2.63 bits per heavy atom. The molecule has 0 spiro atoms. The first-order valence-corrected chi connectivity index (χ1v) is 12.4. The van der Waals surface area contributed by atoms with Crippen molar-refractivity contribution in [3.8, 4) is 11.3 Å². The maximum Gasteiger partial charge on any atom is 0.340 e. The smallest absolute Gasteiger partial charge is 0.340 e. The van der Waals surface area contributed by atoms with E-state index in [0.29, 0.717) is 48.4 Å². The first-order chi connectivity index (χ1) is 17.9. The molecule has 204 valence electrons. The molecule has 1 saturated heterocycles. The average Bonchev–Trinajstić information content (AvgIpc) is 3.21. The number of methoxy groups -OCH3 is 1. The summed E-state index contributed by atoms with van der Waals surface area (Å²) in [6, 6.07) is 5.18. The number of alkyl halides is 2. The molecule has 7 nitrogen and oxygen atoms in total. The van der Waals surface area contributed by atoms with E-state index in [1.807, 2.05) is 20.8 Å². The number of carbonyl (C=O) groups is 2. The van der Waals surface area contributed by atoms with Crippen molar-refractivity contribution in [2.45, 2.75) is 65.1 Å². The van der Waals surface area contributed by atoms with Crippen LogP contribution in [0.1, 0.15) is 67.2 Å². The fourth-order valence-electron chi connectivity index (χ4n) is 4.70. The number of aromatic nitrogens is 2. The Bertz CT molecular complexity index is 1360. The second-order valence-corrected chi connectivity index (χ2v) is 10.5. The number of benzene rings is 1. The maximum absolute atomic E-state index is 14.9. The van der Waals surface area contributed by atoms with Crippen LogP contribution in [0, 0.1) is 18.7 Å². The van der Waals surface area contributed by atoms with Gasteiger partial charge in [-0.2, -0.15) is 0 Å². The Labute approximate surface area is 218 Å². The van der Waals surface area contributed by atoms with Crippen molar-refractivity contribution in [3.05, 3.63) is 58.7 Å². The molecule has 1 aliphatic rings. The number of hydrogen-bond acceptors (Lipinski definition) is 6. The number of pyridine rings is 1. The number of esters is 2. The highest BCUT2D eigenvalue weighted by atomic mass is 19.3. The van der Waals surface area contributed by atoms with Crippen LogP contribution in [-0.2, 0) is 25.4 Å². The summed E-state index contributed by atoms with van der Waals surface area (Å²) in [4.78, 5) is 29.3. The van der Waals surface area contributed by atoms with Gasteiger partial charge in [-0.15, -0.1) is 0 Å². The maximum atomic E-state index is 14.9. The highest BCUT2D eigenvalue weighted by molar-refractivity contribution is 5.91. The first kappa shape index (κ1) is 27.6. The van der Waals surface area contributed by atoms with E-state index in [0.717, 1.165) is 0 Å².